The van der Waals surface area contributed by atoms with E-state index in [4.69, 9.17) is 9.22 Å². The summed E-state index contributed by atoms with van der Waals surface area (Å²) in [6, 6.07) is 0. The van der Waals surface area contributed by atoms with Crippen LogP contribution in [0.4, 0.5) is 0 Å². The zero-order valence-corrected chi connectivity index (χ0v) is 8.57. The van der Waals surface area contributed by atoms with E-state index in [9.17, 15) is 0 Å². The quantitative estimate of drug-likeness (QED) is 0.523. The van der Waals surface area contributed by atoms with Gasteiger partial charge in [0, 0.05) is 1.37 Å². The second-order valence-corrected chi connectivity index (χ2v) is 3.94. The zero-order chi connectivity index (χ0) is 10.5. The van der Waals surface area contributed by atoms with Gasteiger partial charge in [-0.05, 0) is 56.7 Å². The molecule has 0 bridgehead atoms. The van der Waals surface area contributed by atoms with Crippen LogP contribution in [0.3, 0.4) is 0 Å². The van der Waals surface area contributed by atoms with Crippen molar-refractivity contribution in [1.82, 2.24) is 0 Å². The van der Waals surface area contributed by atoms with Gasteiger partial charge >= 0.3 is 0 Å². The van der Waals surface area contributed by atoms with Crippen LogP contribution in [0.15, 0.2) is 0 Å². The number of benzene rings is 1. The van der Waals surface area contributed by atoms with Crippen molar-refractivity contribution in [3.63, 3.8) is 0 Å². The van der Waals surface area contributed by atoms with Crippen molar-refractivity contribution < 1.29 is 1.37 Å². The van der Waals surface area contributed by atoms with Crippen LogP contribution in [0.2, 0.25) is 0 Å². The Morgan fingerprint density at radius 2 is 1.62 bits per heavy atom. The second kappa shape index (κ2) is 2.90. The topological polar surface area (TPSA) is 0 Å². The maximum atomic E-state index is 7.80. The molecule has 0 aliphatic heterocycles. The van der Waals surface area contributed by atoms with Crippen LogP contribution in [0, 0.1) is 20.8 Å². The van der Waals surface area contributed by atoms with E-state index in [1.165, 1.54) is 27.8 Å². The smallest absolute Gasteiger partial charge is 0.0901 e. The summed E-state index contributed by atoms with van der Waals surface area (Å²) in [6.45, 7) is 6.35. The molecule has 0 heterocycles. The highest BCUT2D eigenvalue weighted by Gasteiger charge is 2.18. The van der Waals surface area contributed by atoms with Gasteiger partial charge in [0.2, 0.25) is 0 Å². The van der Waals surface area contributed by atoms with Gasteiger partial charge in [-0.25, -0.2) is 0 Å². The Morgan fingerprint density at radius 1 is 1.00 bits per heavy atom. The van der Waals surface area contributed by atoms with Crippen molar-refractivity contribution in [1.29, 1.82) is 0 Å². The molecule has 1 aliphatic rings. The molecule has 0 aromatic heterocycles. The summed E-state index contributed by atoms with van der Waals surface area (Å²) >= 11 is 0. The van der Waals surface area contributed by atoms with Crippen LogP contribution in [0.1, 0.15) is 35.6 Å². The van der Waals surface area contributed by atoms with E-state index in [-0.39, 0.29) is 6.40 Å². The first-order chi connectivity index (χ1) is 6.52. The Kier molecular flexibility index (Phi) is 1.71. The van der Waals surface area contributed by atoms with Gasteiger partial charge in [0.1, 0.15) is 7.85 Å². The molecule has 1 aromatic rings. The van der Waals surface area contributed by atoms with Crippen LogP contribution < -0.4 is 5.46 Å². The van der Waals surface area contributed by atoms with Crippen LogP contribution in [0.5, 0.6) is 0 Å². The Bertz CT molecular complexity index is 359. The molecular formula is C12H15B. The summed E-state index contributed by atoms with van der Waals surface area (Å²) < 4.78 is 7.80. The van der Waals surface area contributed by atoms with E-state index in [1.54, 1.807) is 0 Å². The van der Waals surface area contributed by atoms with E-state index in [0.717, 1.165) is 18.3 Å². The van der Waals surface area contributed by atoms with Crippen LogP contribution >= 0.6 is 0 Å². The minimum atomic E-state index is 0.0206. The summed E-state index contributed by atoms with van der Waals surface area (Å²) in [5, 5.41) is 0. The van der Waals surface area contributed by atoms with E-state index < -0.39 is 0 Å². The molecule has 66 valence electrons. The van der Waals surface area contributed by atoms with Gasteiger partial charge in [0.25, 0.3) is 0 Å². The number of rotatable bonds is 0. The first-order valence-corrected chi connectivity index (χ1v) is 4.81. The summed E-state index contributed by atoms with van der Waals surface area (Å²) in [5.41, 5.74) is 7.36. The number of hydrogen-bond acceptors (Lipinski definition) is 0. The fourth-order valence-corrected chi connectivity index (χ4v) is 2.20. The first-order valence-electron chi connectivity index (χ1n) is 5.39. The molecule has 2 radical (unpaired) electrons. The molecule has 2 rings (SSSR count). The van der Waals surface area contributed by atoms with E-state index in [1.807, 2.05) is 0 Å². The Labute approximate surface area is 83.2 Å². The van der Waals surface area contributed by atoms with Gasteiger partial charge in [-0.15, -0.1) is 0 Å². The molecule has 0 saturated carbocycles. The normalized spacial score (nSPS) is 21.5. The summed E-state index contributed by atoms with van der Waals surface area (Å²) in [6.07, 6.45) is 1.74. The Hall–Kier alpha value is -0.715. The number of fused-ring (bicyclic) bond motifs is 1. The van der Waals surface area contributed by atoms with Crippen LogP contribution in [-0.2, 0) is 12.8 Å². The lowest BCUT2D eigenvalue weighted by Gasteiger charge is -2.15. The van der Waals surface area contributed by atoms with Crippen molar-refractivity contribution in [3.8, 4) is 0 Å². The molecule has 0 fully saturated rings. The van der Waals surface area contributed by atoms with Gasteiger partial charge in [-0.2, -0.15) is 0 Å². The average Bonchev–Trinajstić information content (AvgIpc) is 2.54. The third-order valence-electron chi connectivity index (χ3n) is 3.37. The maximum Gasteiger partial charge on any atom is 0.114 e. The third kappa shape index (κ3) is 1.13. The molecular weight excluding hydrogens is 155 g/mol. The van der Waals surface area contributed by atoms with Gasteiger partial charge in [0.15, 0.2) is 0 Å². The van der Waals surface area contributed by atoms with Crippen molar-refractivity contribution in [3.05, 3.63) is 27.8 Å². The highest BCUT2D eigenvalue weighted by atomic mass is 14.2. The molecule has 0 nitrogen and oxygen atoms in total. The maximum absolute atomic E-state index is 7.80. The minimum Gasteiger partial charge on any atom is -0.0901 e. The van der Waals surface area contributed by atoms with Gasteiger partial charge in [0.05, 0.1) is 0 Å². The van der Waals surface area contributed by atoms with Gasteiger partial charge < -0.3 is 0 Å². The first kappa shape index (κ1) is 7.67. The SMILES string of the molecule is [2H]C1Cc2c([B])c(C)c(C)c(C)c2C1. The fraction of sp³-hybridized carbons (Fsp3) is 0.500. The largest absolute Gasteiger partial charge is 0.114 e. The molecule has 1 aliphatic carbocycles. The predicted octanol–water partition coefficient (Wildman–Crippen LogP) is 1.89. The summed E-state index contributed by atoms with van der Waals surface area (Å²) in [7, 11) is 6.08. The van der Waals surface area contributed by atoms with Crippen molar-refractivity contribution >= 4 is 13.3 Å². The zero-order valence-electron chi connectivity index (χ0n) is 9.57. The van der Waals surface area contributed by atoms with Crippen LogP contribution in [-0.4, -0.2) is 7.85 Å². The summed E-state index contributed by atoms with van der Waals surface area (Å²) in [5.74, 6) is 0. The molecule has 0 spiro atoms. The average molecular weight is 171 g/mol. The lowest BCUT2D eigenvalue weighted by Crippen LogP contribution is -2.17. The van der Waals surface area contributed by atoms with Crippen molar-refractivity contribution in [2.75, 3.05) is 0 Å². The van der Waals surface area contributed by atoms with E-state index in [0.29, 0.717) is 0 Å². The molecule has 1 heteroatoms. The van der Waals surface area contributed by atoms with Gasteiger partial charge in [-0.1, -0.05) is 16.6 Å². The van der Waals surface area contributed by atoms with Crippen LogP contribution in [0.25, 0.3) is 0 Å². The van der Waals surface area contributed by atoms with E-state index >= 15 is 0 Å². The highest BCUT2D eigenvalue weighted by Crippen LogP contribution is 2.27. The van der Waals surface area contributed by atoms with Crippen molar-refractivity contribution in [2.24, 2.45) is 0 Å². The number of hydrogen-bond donors (Lipinski definition) is 0. The standard InChI is InChI=1S/C12H15B/c1-7-8(2)10-5-4-6-11(10)12(13)9(7)3/h4-6H2,1-3H3/i4D. The highest BCUT2D eigenvalue weighted by molar-refractivity contribution is 6.34. The molecule has 0 amide bonds. The predicted molar refractivity (Wildman–Crippen MR) is 58.1 cm³/mol. The lowest BCUT2D eigenvalue weighted by molar-refractivity contribution is 0.910. The fourth-order valence-electron chi connectivity index (χ4n) is 2.20. The monoisotopic (exact) mass is 171 g/mol. The van der Waals surface area contributed by atoms with E-state index in [2.05, 4.69) is 20.8 Å². The summed E-state index contributed by atoms with van der Waals surface area (Å²) in [4.78, 5) is 0. The minimum absolute atomic E-state index is 0.0206. The Morgan fingerprint density at radius 3 is 2.31 bits per heavy atom. The molecule has 0 saturated heterocycles. The molecule has 1 unspecified atom stereocenters. The molecule has 1 atom stereocenters. The lowest BCUT2D eigenvalue weighted by atomic mass is 9.80. The molecule has 1 aromatic carbocycles. The van der Waals surface area contributed by atoms with Crippen molar-refractivity contribution in [2.45, 2.75) is 40.0 Å². The third-order valence-corrected chi connectivity index (χ3v) is 3.37. The second-order valence-electron chi connectivity index (χ2n) is 3.94. The molecule has 0 N–H and O–H groups in total. The Balaban J connectivity index is 2.70. The van der Waals surface area contributed by atoms with Gasteiger partial charge in [-0.3, -0.25) is 0 Å². The molecule has 13 heavy (non-hydrogen) atoms.